The fraction of sp³-hybridized carbons (Fsp3) is 0.400. The Morgan fingerprint density at radius 3 is 2.42 bits per heavy atom. The number of nitrogens with two attached hydrogens (primary N) is 1. The molecule has 1 heterocycles. The summed E-state index contributed by atoms with van der Waals surface area (Å²) in [6.45, 7) is 6.52. The maximum absolute atomic E-state index is 5.79. The van der Waals surface area contributed by atoms with Crippen LogP contribution in [0.3, 0.4) is 0 Å². The van der Waals surface area contributed by atoms with Crippen LogP contribution < -0.4 is 10.5 Å². The molecule has 2 N–H and O–H groups in total. The number of ether oxygens (including phenoxy) is 1. The van der Waals surface area contributed by atoms with Gasteiger partial charge in [-0.05, 0) is 23.6 Å². The molecular formula is C15H21N3O. The van der Waals surface area contributed by atoms with E-state index in [1.165, 1.54) is 5.56 Å². The summed E-state index contributed by atoms with van der Waals surface area (Å²) in [6.07, 6.45) is 1.80. The summed E-state index contributed by atoms with van der Waals surface area (Å²) in [5, 5.41) is 0. The second-order valence-corrected chi connectivity index (χ2v) is 5.73. The summed E-state index contributed by atoms with van der Waals surface area (Å²) in [4.78, 5) is 4.14. The van der Waals surface area contributed by atoms with Crippen LogP contribution in [0.15, 0.2) is 24.4 Å². The highest BCUT2D eigenvalue weighted by Crippen LogP contribution is 2.35. The summed E-state index contributed by atoms with van der Waals surface area (Å²) in [7, 11) is 3.62. The minimum atomic E-state index is 0.0193. The third kappa shape index (κ3) is 2.43. The van der Waals surface area contributed by atoms with Crippen molar-refractivity contribution in [2.75, 3.05) is 12.8 Å². The van der Waals surface area contributed by atoms with E-state index in [9.17, 15) is 0 Å². The maximum atomic E-state index is 5.79. The zero-order valence-corrected chi connectivity index (χ0v) is 12.2. The first-order chi connectivity index (χ1) is 8.84. The second kappa shape index (κ2) is 4.61. The molecule has 0 fully saturated rings. The molecule has 1 aromatic heterocycles. The van der Waals surface area contributed by atoms with Crippen molar-refractivity contribution in [3.05, 3.63) is 30.0 Å². The van der Waals surface area contributed by atoms with E-state index in [0.717, 1.165) is 17.0 Å². The van der Waals surface area contributed by atoms with Crippen molar-refractivity contribution >= 4 is 5.95 Å². The molecule has 2 aromatic rings. The Labute approximate surface area is 114 Å². The first-order valence-electron chi connectivity index (χ1n) is 6.30. The molecular weight excluding hydrogens is 238 g/mol. The van der Waals surface area contributed by atoms with Gasteiger partial charge in [-0.15, -0.1) is 0 Å². The van der Waals surface area contributed by atoms with Gasteiger partial charge in [-0.25, -0.2) is 4.98 Å². The predicted molar refractivity (Wildman–Crippen MR) is 78.3 cm³/mol. The van der Waals surface area contributed by atoms with E-state index < -0.39 is 0 Å². The first kappa shape index (κ1) is 13.5. The van der Waals surface area contributed by atoms with Crippen LogP contribution in [0.5, 0.6) is 5.75 Å². The molecule has 4 heteroatoms. The van der Waals surface area contributed by atoms with Gasteiger partial charge in [-0.2, -0.15) is 0 Å². The number of nitrogen functional groups attached to an aromatic ring is 1. The van der Waals surface area contributed by atoms with Crippen LogP contribution in [-0.4, -0.2) is 16.7 Å². The van der Waals surface area contributed by atoms with Gasteiger partial charge < -0.3 is 15.0 Å². The molecule has 0 aliphatic rings. The highest BCUT2D eigenvalue weighted by Gasteiger charge is 2.20. The molecule has 0 aliphatic carbocycles. The molecule has 0 unspecified atom stereocenters. The summed E-state index contributed by atoms with van der Waals surface area (Å²) in [6, 6.07) is 6.18. The van der Waals surface area contributed by atoms with Crippen molar-refractivity contribution in [2.24, 2.45) is 7.05 Å². The Hall–Kier alpha value is -1.97. The number of nitrogens with zero attached hydrogens (tertiary/aromatic N) is 2. The minimum absolute atomic E-state index is 0.0193. The number of methoxy groups -OCH3 is 1. The van der Waals surface area contributed by atoms with Crippen LogP contribution in [0.1, 0.15) is 26.3 Å². The van der Waals surface area contributed by atoms with Gasteiger partial charge >= 0.3 is 0 Å². The zero-order chi connectivity index (χ0) is 14.2. The second-order valence-electron chi connectivity index (χ2n) is 5.73. The topological polar surface area (TPSA) is 53.1 Å². The third-order valence-electron chi connectivity index (χ3n) is 3.33. The van der Waals surface area contributed by atoms with Crippen LogP contribution >= 0.6 is 0 Å². The van der Waals surface area contributed by atoms with Crippen molar-refractivity contribution < 1.29 is 4.74 Å². The highest BCUT2D eigenvalue weighted by atomic mass is 16.5. The summed E-state index contributed by atoms with van der Waals surface area (Å²) in [5.41, 5.74) is 9.08. The fourth-order valence-electron chi connectivity index (χ4n) is 2.15. The maximum Gasteiger partial charge on any atom is 0.200 e. The van der Waals surface area contributed by atoms with Gasteiger partial charge in [0.2, 0.25) is 0 Å². The van der Waals surface area contributed by atoms with E-state index in [-0.39, 0.29) is 5.41 Å². The quantitative estimate of drug-likeness (QED) is 0.902. The van der Waals surface area contributed by atoms with Crippen molar-refractivity contribution in [3.63, 3.8) is 0 Å². The normalized spacial score (nSPS) is 11.6. The number of imidazole rings is 1. The monoisotopic (exact) mass is 259 g/mol. The van der Waals surface area contributed by atoms with E-state index in [2.05, 4.69) is 31.8 Å². The minimum Gasteiger partial charge on any atom is -0.496 e. The standard InChI is InChI=1S/C15H21N3O/c1-15(2,3)11-8-10(6-7-13(11)19-5)12-9-17-14(16)18(12)4/h6-9H,1-5H3,(H2,16,17). The molecule has 1 aromatic carbocycles. The molecule has 2 rings (SSSR count). The molecule has 4 nitrogen and oxygen atoms in total. The largest absolute Gasteiger partial charge is 0.496 e. The Kier molecular flexibility index (Phi) is 3.27. The Morgan fingerprint density at radius 2 is 1.95 bits per heavy atom. The lowest BCUT2D eigenvalue weighted by Crippen LogP contribution is -2.13. The average molecular weight is 259 g/mol. The third-order valence-corrected chi connectivity index (χ3v) is 3.33. The van der Waals surface area contributed by atoms with Gasteiger partial charge in [0.15, 0.2) is 5.95 Å². The van der Waals surface area contributed by atoms with E-state index in [1.54, 1.807) is 13.3 Å². The molecule has 102 valence electrons. The Bertz CT molecular complexity index is 594. The summed E-state index contributed by atoms with van der Waals surface area (Å²) < 4.78 is 7.33. The number of hydrogen-bond acceptors (Lipinski definition) is 3. The van der Waals surface area contributed by atoms with Crippen LogP contribution in [0.25, 0.3) is 11.3 Å². The van der Waals surface area contributed by atoms with Crippen LogP contribution in [0, 0.1) is 0 Å². The predicted octanol–water partition coefficient (Wildman–Crippen LogP) is 2.98. The van der Waals surface area contributed by atoms with Gasteiger partial charge in [0, 0.05) is 18.2 Å². The zero-order valence-electron chi connectivity index (χ0n) is 12.2. The Morgan fingerprint density at radius 1 is 1.26 bits per heavy atom. The lowest BCUT2D eigenvalue weighted by molar-refractivity contribution is 0.397. The molecule has 0 spiro atoms. The molecule has 19 heavy (non-hydrogen) atoms. The van der Waals surface area contributed by atoms with Gasteiger partial charge in [0.05, 0.1) is 19.0 Å². The Balaban J connectivity index is 2.58. The van der Waals surface area contributed by atoms with E-state index in [0.29, 0.717) is 5.95 Å². The van der Waals surface area contributed by atoms with Gasteiger partial charge in [0.25, 0.3) is 0 Å². The van der Waals surface area contributed by atoms with E-state index >= 15 is 0 Å². The average Bonchev–Trinajstić information content (AvgIpc) is 2.68. The van der Waals surface area contributed by atoms with Crippen LogP contribution in [0.4, 0.5) is 5.95 Å². The summed E-state index contributed by atoms with van der Waals surface area (Å²) in [5.74, 6) is 1.43. The molecule has 0 bridgehead atoms. The van der Waals surface area contributed by atoms with Gasteiger partial charge in [-0.1, -0.05) is 20.8 Å². The number of rotatable bonds is 2. The number of hydrogen-bond donors (Lipinski definition) is 1. The molecule has 0 radical (unpaired) electrons. The van der Waals surface area contributed by atoms with Crippen molar-refractivity contribution in [1.29, 1.82) is 0 Å². The lowest BCUT2D eigenvalue weighted by Gasteiger charge is -2.23. The number of aromatic nitrogens is 2. The molecule has 0 atom stereocenters. The van der Waals surface area contributed by atoms with Crippen molar-refractivity contribution in [2.45, 2.75) is 26.2 Å². The molecule has 0 saturated heterocycles. The first-order valence-corrected chi connectivity index (χ1v) is 6.30. The smallest absolute Gasteiger partial charge is 0.200 e. The lowest BCUT2D eigenvalue weighted by atomic mass is 9.85. The van der Waals surface area contributed by atoms with Crippen LogP contribution in [0.2, 0.25) is 0 Å². The SMILES string of the molecule is COc1ccc(-c2cnc(N)n2C)cc1C(C)(C)C. The molecule has 0 amide bonds. The van der Waals surface area contributed by atoms with E-state index in [4.69, 9.17) is 10.5 Å². The molecule has 0 aliphatic heterocycles. The van der Waals surface area contributed by atoms with E-state index in [1.807, 2.05) is 23.7 Å². The van der Waals surface area contributed by atoms with Crippen molar-refractivity contribution in [1.82, 2.24) is 9.55 Å². The molecule has 0 saturated carbocycles. The highest BCUT2D eigenvalue weighted by molar-refractivity contribution is 5.64. The van der Waals surface area contributed by atoms with Crippen molar-refractivity contribution in [3.8, 4) is 17.0 Å². The van der Waals surface area contributed by atoms with Gasteiger partial charge in [0.1, 0.15) is 5.75 Å². The number of benzene rings is 1. The number of anilines is 1. The summed E-state index contributed by atoms with van der Waals surface area (Å²) >= 11 is 0. The fourth-order valence-corrected chi connectivity index (χ4v) is 2.15. The van der Waals surface area contributed by atoms with Crippen LogP contribution in [-0.2, 0) is 12.5 Å². The van der Waals surface area contributed by atoms with Gasteiger partial charge in [-0.3, -0.25) is 0 Å².